The smallest absolute Gasteiger partial charge is 0.254 e. The fraction of sp³-hybridized carbons (Fsp3) is 0.211. The summed E-state index contributed by atoms with van der Waals surface area (Å²) in [4.78, 5) is 23.7. The number of carbonyl (C=O) groups excluding carboxylic acids is 1. The monoisotopic (exact) mass is 305 g/mol. The molecule has 0 aliphatic heterocycles. The van der Waals surface area contributed by atoms with Crippen molar-refractivity contribution in [1.82, 2.24) is 14.9 Å². The van der Waals surface area contributed by atoms with Crippen molar-refractivity contribution < 1.29 is 4.79 Å². The second-order valence-electron chi connectivity index (χ2n) is 5.26. The van der Waals surface area contributed by atoms with E-state index in [2.05, 4.69) is 9.97 Å². The Morgan fingerprint density at radius 2 is 1.74 bits per heavy atom. The summed E-state index contributed by atoms with van der Waals surface area (Å²) in [5.74, 6) is 0.0331. The van der Waals surface area contributed by atoms with Gasteiger partial charge in [0.05, 0.1) is 22.5 Å². The highest BCUT2D eigenvalue weighted by molar-refractivity contribution is 6.07. The van der Waals surface area contributed by atoms with Gasteiger partial charge in [-0.1, -0.05) is 24.3 Å². The Labute approximate surface area is 135 Å². The van der Waals surface area contributed by atoms with E-state index in [0.717, 1.165) is 22.3 Å². The molecule has 0 saturated heterocycles. The average molecular weight is 305 g/mol. The minimum Gasteiger partial charge on any atom is -0.339 e. The molecule has 3 aromatic rings. The predicted molar refractivity (Wildman–Crippen MR) is 92.2 cm³/mol. The van der Waals surface area contributed by atoms with E-state index in [4.69, 9.17) is 0 Å². The fourth-order valence-electron chi connectivity index (χ4n) is 2.68. The summed E-state index contributed by atoms with van der Waals surface area (Å²) in [5, 5.41) is 0.879. The van der Waals surface area contributed by atoms with Gasteiger partial charge in [0.1, 0.15) is 0 Å². The summed E-state index contributed by atoms with van der Waals surface area (Å²) < 4.78 is 0. The molecular weight excluding hydrogens is 286 g/mol. The zero-order chi connectivity index (χ0) is 16.2. The van der Waals surface area contributed by atoms with Crippen molar-refractivity contribution in [3.8, 4) is 11.4 Å². The predicted octanol–water partition coefficient (Wildman–Crippen LogP) is 3.78. The van der Waals surface area contributed by atoms with E-state index in [9.17, 15) is 4.79 Å². The SMILES string of the molecule is CCN(CC)C(=O)c1cc(-c2ccccn2)nc2ccccc12. The number of pyridine rings is 2. The van der Waals surface area contributed by atoms with Crippen LogP contribution >= 0.6 is 0 Å². The summed E-state index contributed by atoms with van der Waals surface area (Å²) in [6.45, 7) is 5.35. The van der Waals surface area contributed by atoms with Gasteiger partial charge in [-0.2, -0.15) is 0 Å². The largest absolute Gasteiger partial charge is 0.339 e. The van der Waals surface area contributed by atoms with E-state index in [1.807, 2.05) is 67.3 Å². The summed E-state index contributed by atoms with van der Waals surface area (Å²) >= 11 is 0. The zero-order valence-corrected chi connectivity index (χ0v) is 13.4. The van der Waals surface area contributed by atoms with Gasteiger partial charge in [-0.25, -0.2) is 4.98 Å². The minimum atomic E-state index is 0.0331. The lowest BCUT2D eigenvalue weighted by Crippen LogP contribution is -2.30. The number of nitrogens with zero attached hydrogens (tertiary/aromatic N) is 3. The Morgan fingerprint density at radius 1 is 1.00 bits per heavy atom. The zero-order valence-electron chi connectivity index (χ0n) is 13.4. The fourth-order valence-corrected chi connectivity index (χ4v) is 2.68. The molecule has 0 radical (unpaired) electrons. The molecule has 0 aliphatic carbocycles. The van der Waals surface area contributed by atoms with Gasteiger partial charge in [0, 0.05) is 24.7 Å². The second-order valence-corrected chi connectivity index (χ2v) is 5.26. The Morgan fingerprint density at radius 3 is 2.43 bits per heavy atom. The third-order valence-corrected chi connectivity index (χ3v) is 3.92. The van der Waals surface area contributed by atoms with Crippen LogP contribution in [0.4, 0.5) is 0 Å². The Kier molecular flexibility index (Phi) is 4.33. The lowest BCUT2D eigenvalue weighted by atomic mass is 10.0. The molecule has 1 aromatic carbocycles. The number of rotatable bonds is 4. The molecule has 0 fully saturated rings. The van der Waals surface area contributed by atoms with Gasteiger partial charge >= 0.3 is 0 Å². The lowest BCUT2D eigenvalue weighted by molar-refractivity contribution is 0.0775. The molecule has 4 nitrogen and oxygen atoms in total. The second kappa shape index (κ2) is 6.57. The van der Waals surface area contributed by atoms with Gasteiger partial charge in [-0.15, -0.1) is 0 Å². The number of hydrogen-bond acceptors (Lipinski definition) is 3. The molecule has 23 heavy (non-hydrogen) atoms. The standard InChI is InChI=1S/C19H19N3O/c1-3-22(4-2)19(23)15-13-18(17-11-7-8-12-20-17)21-16-10-6-5-9-14(15)16/h5-13H,3-4H2,1-2H3. The summed E-state index contributed by atoms with van der Waals surface area (Å²) in [5.41, 5.74) is 2.98. The first-order valence-electron chi connectivity index (χ1n) is 7.85. The molecule has 0 unspecified atom stereocenters. The van der Waals surface area contributed by atoms with Crippen molar-refractivity contribution in [2.24, 2.45) is 0 Å². The third-order valence-electron chi connectivity index (χ3n) is 3.92. The molecule has 3 rings (SSSR count). The third kappa shape index (κ3) is 2.93. The van der Waals surface area contributed by atoms with Crippen LogP contribution < -0.4 is 0 Å². The summed E-state index contributed by atoms with van der Waals surface area (Å²) in [7, 11) is 0. The van der Waals surface area contributed by atoms with Crippen LogP contribution in [-0.4, -0.2) is 33.9 Å². The Hall–Kier alpha value is -2.75. The first-order chi connectivity index (χ1) is 11.2. The van der Waals surface area contributed by atoms with Gasteiger partial charge in [0.25, 0.3) is 5.91 Å². The molecule has 0 N–H and O–H groups in total. The van der Waals surface area contributed by atoms with Crippen molar-refractivity contribution in [3.05, 3.63) is 60.3 Å². The van der Waals surface area contributed by atoms with Gasteiger partial charge < -0.3 is 4.90 Å². The van der Waals surface area contributed by atoms with Crippen molar-refractivity contribution in [1.29, 1.82) is 0 Å². The average Bonchev–Trinajstić information content (AvgIpc) is 2.62. The van der Waals surface area contributed by atoms with Crippen LogP contribution in [0.3, 0.4) is 0 Å². The minimum absolute atomic E-state index is 0.0331. The molecule has 0 bridgehead atoms. The van der Waals surface area contributed by atoms with E-state index >= 15 is 0 Å². The molecule has 1 amide bonds. The number of para-hydroxylation sites is 1. The highest BCUT2D eigenvalue weighted by atomic mass is 16.2. The molecule has 2 heterocycles. The first-order valence-corrected chi connectivity index (χ1v) is 7.85. The highest BCUT2D eigenvalue weighted by Gasteiger charge is 2.18. The van der Waals surface area contributed by atoms with Crippen molar-refractivity contribution >= 4 is 16.8 Å². The molecular formula is C19H19N3O. The van der Waals surface area contributed by atoms with Gasteiger partial charge in [-0.05, 0) is 38.1 Å². The number of carbonyl (C=O) groups is 1. The van der Waals surface area contributed by atoms with Crippen LogP contribution in [0.5, 0.6) is 0 Å². The van der Waals surface area contributed by atoms with Crippen molar-refractivity contribution in [2.45, 2.75) is 13.8 Å². The van der Waals surface area contributed by atoms with Crippen LogP contribution in [-0.2, 0) is 0 Å². The molecule has 4 heteroatoms. The maximum Gasteiger partial charge on any atom is 0.254 e. The molecule has 2 aromatic heterocycles. The van der Waals surface area contributed by atoms with Gasteiger partial charge in [-0.3, -0.25) is 9.78 Å². The normalized spacial score (nSPS) is 10.7. The van der Waals surface area contributed by atoms with E-state index in [1.165, 1.54) is 0 Å². The van der Waals surface area contributed by atoms with Crippen molar-refractivity contribution in [2.75, 3.05) is 13.1 Å². The number of benzene rings is 1. The van der Waals surface area contributed by atoms with Gasteiger partial charge in [0.2, 0.25) is 0 Å². The Bertz CT molecular complexity index is 826. The number of aromatic nitrogens is 2. The van der Waals surface area contributed by atoms with Crippen LogP contribution in [0.1, 0.15) is 24.2 Å². The first kappa shape index (κ1) is 15.2. The molecule has 116 valence electrons. The summed E-state index contributed by atoms with van der Waals surface area (Å²) in [6, 6.07) is 15.3. The highest BCUT2D eigenvalue weighted by Crippen LogP contribution is 2.24. The molecule has 0 atom stereocenters. The Balaban J connectivity index is 2.21. The van der Waals surface area contributed by atoms with Crippen molar-refractivity contribution in [3.63, 3.8) is 0 Å². The quantitative estimate of drug-likeness (QED) is 0.737. The van der Waals surface area contributed by atoms with Crippen LogP contribution in [0.25, 0.3) is 22.3 Å². The van der Waals surface area contributed by atoms with Crippen LogP contribution in [0.2, 0.25) is 0 Å². The summed E-state index contributed by atoms with van der Waals surface area (Å²) in [6.07, 6.45) is 1.73. The molecule has 0 spiro atoms. The molecule has 0 aliphatic rings. The molecule has 0 saturated carbocycles. The van der Waals surface area contributed by atoms with E-state index in [-0.39, 0.29) is 5.91 Å². The number of hydrogen-bond donors (Lipinski definition) is 0. The number of amides is 1. The van der Waals surface area contributed by atoms with E-state index in [1.54, 1.807) is 6.20 Å². The van der Waals surface area contributed by atoms with Crippen LogP contribution in [0.15, 0.2) is 54.7 Å². The van der Waals surface area contributed by atoms with Gasteiger partial charge in [0.15, 0.2) is 0 Å². The maximum atomic E-state index is 12.9. The van der Waals surface area contributed by atoms with E-state index < -0.39 is 0 Å². The maximum absolute atomic E-state index is 12.9. The number of fused-ring (bicyclic) bond motifs is 1. The van der Waals surface area contributed by atoms with E-state index in [0.29, 0.717) is 18.7 Å². The lowest BCUT2D eigenvalue weighted by Gasteiger charge is -2.20. The van der Waals surface area contributed by atoms with Crippen LogP contribution in [0, 0.1) is 0 Å². The topological polar surface area (TPSA) is 46.1 Å².